The first-order valence-electron chi connectivity index (χ1n) is 7.60. The van der Waals surface area contributed by atoms with Crippen molar-refractivity contribution in [2.75, 3.05) is 19.6 Å². The lowest BCUT2D eigenvalue weighted by atomic mass is 10.0. The molecular weight excluding hydrogens is 290 g/mol. The number of hydrogen-bond donors (Lipinski definition) is 0. The number of hydrogen-bond acceptors (Lipinski definition) is 2. The highest BCUT2D eigenvalue weighted by atomic mass is 19.1. The van der Waals surface area contributed by atoms with Gasteiger partial charge in [0.2, 0.25) is 5.91 Å². The summed E-state index contributed by atoms with van der Waals surface area (Å²) in [6.07, 6.45) is 2.88. The molecule has 2 aliphatic rings. The molecule has 3 rings (SSSR count). The molecule has 2 amide bonds. The van der Waals surface area contributed by atoms with E-state index >= 15 is 0 Å². The van der Waals surface area contributed by atoms with E-state index in [1.807, 2.05) is 4.90 Å². The molecule has 2 heterocycles. The predicted molar refractivity (Wildman–Crippen MR) is 76.2 cm³/mol. The summed E-state index contributed by atoms with van der Waals surface area (Å²) in [5.41, 5.74) is -0.226. The van der Waals surface area contributed by atoms with Crippen molar-refractivity contribution in [3.63, 3.8) is 0 Å². The molecule has 22 heavy (non-hydrogen) atoms. The highest BCUT2D eigenvalue weighted by molar-refractivity contribution is 5.94. The van der Waals surface area contributed by atoms with Crippen LogP contribution in [0.1, 0.15) is 36.0 Å². The number of amides is 2. The molecule has 1 aromatic rings. The Hall–Kier alpha value is -1.98. The van der Waals surface area contributed by atoms with Crippen LogP contribution in [0.3, 0.4) is 0 Å². The Kier molecular flexibility index (Phi) is 4.09. The molecule has 2 aliphatic heterocycles. The highest BCUT2D eigenvalue weighted by Crippen LogP contribution is 2.23. The summed E-state index contributed by atoms with van der Waals surface area (Å²) >= 11 is 0. The molecule has 2 fully saturated rings. The van der Waals surface area contributed by atoms with Gasteiger partial charge in [-0.3, -0.25) is 9.59 Å². The van der Waals surface area contributed by atoms with Gasteiger partial charge in [-0.05, 0) is 37.5 Å². The molecule has 2 saturated heterocycles. The average Bonchev–Trinajstić information content (AvgIpc) is 2.95. The van der Waals surface area contributed by atoms with E-state index < -0.39 is 17.5 Å². The lowest BCUT2D eigenvalue weighted by Gasteiger charge is -2.36. The molecule has 0 spiro atoms. The predicted octanol–water partition coefficient (Wildman–Crippen LogP) is 2.19. The number of rotatable bonds is 2. The number of carbonyl (C=O) groups is 2. The smallest absolute Gasteiger partial charge is 0.256 e. The van der Waals surface area contributed by atoms with Crippen LogP contribution < -0.4 is 0 Å². The number of halogens is 2. The SMILES string of the molecule is O=C(c1cc(F)ccc1F)N1CCC(N2CCCC2=O)CC1. The van der Waals surface area contributed by atoms with Gasteiger partial charge in [0.05, 0.1) is 5.56 Å². The van der Waals surface area contributed by atoms with Gasteiger partial charge >= 0.3 is 0 Å². The summed E-state index contributed by atoms with van der Waals surface area (Å²) in [5, 5.41) is 0. The van der Waals surface area contributed by atoms with E-state index in [1.54, 1.807) is 0 Å². The Morgan fingerprint density at radius 1 is 1.14 bits per heavy atom. The largest absolute Gasteiger partial charge is 0.340 e. The first kappa shape index (κ1) is 14.9. The lowest BCUT2D eigenvalue weighted by molar-refractivity contribution is -0.130. The summed E-state index contributed by atoms with van der Waals surface area (Å²) in [6.45, 7) is 1.71. The fourth-order valence-corrected chi connectivity index (χ4v) is 3.27. The second kappa shape index (κ2) is 6.02. The van der Waals surface area contributed by atoms with Crippen LogP contribution in [-0.4, -0.2) is 47.3 Å². The standard InChI is InChI=1S/C16H18F2N2O2/c17-11-3-4-14(18)13(10-11)16(22)19-8-5-12(6-9-19)20-7-1-2-15(20)21/h3-4,10,12H,1-2,5-9H2. The Morgan fingerprint density at radius 3 is 2.50 bits per heavy atom. The molecule has 0 saturated carbocycles. The lowest BCUT2D eigenvalue weighted by Crippen LogP contribution is -2.47. The van der Waals surface area contributed by atoms with Crippen molar-refractivity contribution in [1.29, 1.82) is 0 Å². The van der Waals surface area contributed by atoms with E-state index in [0.29, 0.717) is 32.4 Å². The number of nitrogens with zero attached hydrogens (tertiary/aromatic N) is 2. The zero-order valence-electron chi connectivity index (χ0n) is 12.2. The molecule has 0 aliphatic carbocycles. The monoisotopic (exact) mass is 308 g/mol. The van der Waals surface area contributed by atoms with Gasteiger partial charge in [0.1, 0.15) is 11.6 Å². The van der Waals surface area contributed by atoms with E-state index in [1.165, 1.54) is 4.90 Å². The van der Waals surface area contributed by atoms with E-state index in [0.717, 1.165) is 31.2 Å². The number of benzene rings is 1. The van der Waals surface area contributed by atoms with Crippen LogP contribution in [0.4, 0.5) is 8.78 Å². The number of piperidine rings is 1. The van der Waals surface area contributed by atoms with Crippen LogP contribution in [-0.2, 0) is 4.79 Å². The fraction of sp³-hybridized carbons (Fsp3) is 0.500. The van der Waals surface area contributed by atoms with Crippen LogP contribution >= 0.6 is 0 Å². The van der Waals surface area contributed by atoms with Crippen LogP contribution in [0.25, 0.3) is 0 Å². The minimum absolute atomic E-state index is 0.163. The first-order valence-corrected chi connectivity index (χ1v) is 7.60. The Labute approximate surface area is 127 Å². The molecule has 0 radical (unpaired) electrons. The molecule has 0 unspecified atom stereocenters. The Bertz CT molecular complexity index is 598. The van der Waals surface area contributed by atoms with Gasteiger partial charge in [-0.1, -0.05) is 0 Å². The maximum absolute atomic E-state index is 13.7. The van der Waals surface area contributed by atoms with Gasteiger partial charge in [-0.15, -0.1) is 0 Å². The zero-order chi connectivity index (χ0) is 15.7. The Morgan fingerprint density at radius 2 is 1.86 bits per heavy atom. The molecule has 4 nitrogen and oxygen atoms in total. The fourth-order valence-electron chi connectivity index (χ4n) is 3.27. The summed E-state index contributed by atoms with van der Waals surface area (Å²) in [5.74, 6) is -1.63. The van der Waals surface area contributed by atoms with Gasteiger partial charge in [0.25, 0.3) is 5.91 Å². The minimum atomic E-state index is -0.705. The number of carbonyl (C=O) groups excluding carboxylic acids is 2. The third-order valence-corrected chi connectivity index (χ3v) is 4.46. The molecule has 118 valence electrons. The second-order valence-corrected chi connectivity index (χ2v) is 5.84. The minimum Gasteiger partial charge on any atom is -0.340 e. The first-order chi connectivity index (χ1) is 10.6. The van der Waals surface area contributed by atoms with Crippen LogP contribution in [0, 0.1) is 11.6 Å². The van der Waals surface area contributed by atoms with Gasteiger partial charge in [0, 0.05) is 32.1 Å². The van der Waals surface area contributed by atoms with E-state index in [9.17, 15) is 18.4 Å². The van der Waals surface area contributed by atoms with Crippen molar-refractivity contribution >= 4 is 11.8 Å². The second-order valence-electron chi connectivity index (χ2n) is 5.84. The molecule has 1 aromatic carbocycles. The van der Waals surface area contributed by atoms with Crippen molar-refractivity contribution in [2.45, 2.75) is 31.7 Å². The Balaban J connectivity index is 1.64. The summed E-state index contributed by atoms with van der Waals surface area (Å²) < 4.78 is 26.9. The van der Waals surface area contributed by atoms with E-state index in [2.05, 4.69) is 0 Å². The molecule has 0 N–H and O–H groups in total. The zero-order valence-corrected chi connectivity index (χ0v) is 12.2. The third kappa shape index (κ3) is 2.82. The van der Waals surface area contributed by atoms with Crippen molar-refractivity contribution in [3.05, 3.63) is 35.4 Å². The maximum Gasteiger partial charge on any atom is 0.256 e. The van der Waals surface area contributed by atoms with Gasteiger partial charge in [-0.2, -0.15) is 0 Å². The van der Waals surface area contributed by atoms with Gasteiger partial charge in [-0.25, -0.2) is 8.78 Å². The normalized spacial score (nSPS) is 19.8. The van der Waals surface area contributed by atoms with E-state index in [-0.39, 0.29) is 17.5 Å². The molecular formula is C16H18F2N2O2. The van der Waals surface area contributed by atoms with Crippen LogP contribution in [0.2, 0.25) is 0 Å². The maximum atomic E-state index is 13.7. The highest BCUT2D eigenvalue weighted by Gasteiger charge is 2.32. The molecule has 0 aromatic heterocycles. The van der Waals surface area contributed by atoms with E-state index in [4.69, 9.17) is 0 Å². The van der Waals surface area contributed by atoms with Crippen molar-refractivity contribution in [1.82, 2.24) is 9.80 Å². The molecule has 0 atom stereocenters. The van der Waals surface area contributed by atoms with Crippen molar-refractivity contribution < 1.29 is 18.4 Å². The summed E-state index contributed by atoms with van der Waals surface area (Å²) in [6, 6.07) is 3.07. The van der Waals surface area contributed by atoms with Gasteiger partial charge in [0.15, 0.2) is 0 Å². The summed E-state index contributed by atoms with van der Waals surface area (Å²) in [4.78, 5) is 27.5. The topological polar surface area (TPSA) is 40.6 Å². The quantitative estimate of drug-likeness (QED) is 0.840. The molecule has 6 heteroatoms. The van der Waals surface area contributed by atoms with Crippen LogP contribution in [0.15, 0.2) is 18.2 Å². The number of likely N-dealkylation sites (tertiary alicyclic amines) is 2. The van der Waals surface area contributed by atoms with Crippen molar-refractivity contribution in [2.24, 2.45) is 0 Å². The van der Waals surface area contributed by atoms with Crippen LogP contribution in [0.5, 0.6) is 0 Å². The third-order valence-electron chi connectivity index (χ3n) is 4.46. The molecule has 0 bridgehead atoms. The van der Waals surface area contributed by atoms with Gasteiger partial charge < -0.3 is 9.80 Å². The van der Waals surface area contributed by atoms with Crippen molar-refractivity contribution in [3.8, 4) is 0 Å². The average molecular weight is 308 g/mol. The summed E-state index contributed by atoms with van der Waals surface area (Å²) in [7, 11) is 0.